The lowest BCUT2D eigenvalue weighted by Crippen LogP contribution is -2.33. The molecule has 1 aliphatic heterocycles. The van der Waals surface area contributed by atoms with Gasteiger partial charge in [0.2, 0.25) is 11.8 Å². The highest BCUT2D eigenvalue weighted by Crippen LogP contribution is 2.24. The van der Waals surface area contributed by atoms with Crippen LogP contribution in [0.1, 0.15) is 29.9 Å². The number of aryl methyl sites for hydroxylation is 1. The van der Waals surface area contributed by atoms with Crippen molar-refractivity contribution in [3.63, 3.8) is 0 Å². The quantitative estimate of drug-likeness (QED) is 0.681. The molecule has 4 heteroatoms. The fourth-order valence-electron chi connectivity index (χ4n) is 3.62. The number of rotatable bonds is 5. The maximum absolute atomic E-state index is 5.87. The molecule has 0 saturated carbocycles. The Morgan fingerprint density at radius 3 is 2.42 bits per heavy atom. The van der Waals surface area contributed by atoms with Crippen LogP contribution in [0.15, 0.2) is 59.0 Å². The van der Waals surface area contributed by atoms with Crippen LogP contribution in [0.2, 0.25) is 0 Å². The van der Waals surface area contributed by atoms with E-state index in [0.29, 0.717) is 11.8 Å². The van der Waals surface area contributed by atoms with Gasteiger partial charge in [0.25, 0.3) is 0 Å². The number of hydrogen-bond donors (Lipinski definition) is 0. The first-order chi connectivity index (χ1) is 12.8. The number of nitrogens with zero attached hydrogens (tertiary/aromatic N) is 3. The fourth-order valence-corrected chi connectivity index (χ4v) is 3.62. The van der Waals surface area contributed by atoms with Gasteiger partial charge in [0.15, 0.2) is 0 Å². The molecule has 1 aliphatic rings. The van der Waals surface area contributed by atoms with Crippen LogP contribution in [0.3, 0.4) is 0 Å². The maximum atomic E-state index is 5.87. The van der Waals surface area contributed by atoms with Gasteiger partial charge in [-0.3, -0.25) is 4.90 Å². The zero-order valence-electron chi connectivity index (χ0n) is 15.3. The molecule has 0 N–H and O–H groups in total. The Morgan fingerprint density at radius 2 is 1.69 bits per heavy atom. The summed E-state index contributed by atoms with van der Waals surface area (Å²) in [6, 6.07) is 19.0. The largest absolute Gasteiger partial charge is 0.419 e. The first-order valence-corrected chi connectivity index (χ1v) is 9.42. The highest BCUT2D eigenvalue weighted by molar-refractivity contribution is 5.52. The third-order valence-electron chi connectivity index (χ3n) is 5.20. The second-order valence-corrected chi connectivity index (χ2v) is 7.28. The van der Waals surface area contributed by atoms with E-state index in [1.165, 1.54) is 30.4 Å². The minimum absolute atomic E-state index is 0.610. The molecule has 0 radical (unpaired) electrons. The number of piperidine rings is 1. The molecule has 0 aliphatic carbocycles. The van der Waals surface area contributed by atoms with Crippen LogP contribution >= 0.6 is 0 Å². The summed E-state index contributed by atoms with van der Waals surface area (Å²) < 4.78 is 5.87. The summed E-state index contributed by atoms with van der Waals surface area (Å²) >= 11 is 0. The van der Waals surface area contributed by atoms with E-state index in [2.05, 4.69) is 64.5 Å². The summed E-state index contributed by atoms with van der Waals surface area (Å²) in [5, 5.41) is 8.45. The van der Waals surface area contributed by atoms with Crippen molar-refractivity contribution in [3.05, 3.63) is 71.6 Å². The molecule has 1 saturated heterocycles. The Bertz CT molecular complexity index is 818. The lowest BCUT2D eigenvalue weighted by atomic mass is 9.90. The smallest absolute Gasteiger partial charge is 0.247 e. The van der Waals surface area contributed by atoms with E-state index in [4.69, 9.17) is 4.42 Å². The Labute approximate surface area is 154 Å². The van der Waals surface area contributed by atoms with Crippen molar-refractivity contribution in [3.8, 4) is 11.5 Å². The van der Waals surface area contributed by atoms with E-state index >= 15 is 0 Å². The van der Waals surface area contributed by atoms with Crippen molar-refractivity contribution in [2.24, 2.45) is 5.92 Å². The van der Waals surface area contributed by atoms with Crippen molar-refractivity contribution in [1.29, 1.82) is 0 Å². The predicted octanol–water partition coefficient (Wildman–Crippen LogP) is 4.50. The first-order valence-electron chi connectivity index (χ1n) is 9.42. The standard InChI is InChI=1S/C22H25N3O/c1-17-7-9-20(10-8-17)22-24-23-21(26-22)16-25-13-11-19(12-14-25)15-18-5-3-2-4-6-18/h2-10,19H,11-16H2,1H3. The summed E-state index contributed by atoms with van der Waals surface area (Å²) in [6.07, 6.45) is 3.65. The van der Waals surface area contributed by atoms with E-state index in [0.717, 1.165) is 31.1 Å². The van der Waals surface area contributed by atoms with Gasteiger partial charge in [0.05, 0.1) is 6.54 Å². The van der Waals surface area contributed by atoms with Crippen LogP contribution in [-0.2, 0) is 13.0 Å². The molecule has 0 amide bonds. The van der Waals surface area contributed by atoms with Crippen LogP contribution in [0.25, 0.3) is 11.5 Å². The third kappa shape index (κ3) is 4.20. The van der Waals surface area contributed by atoms with Gasteiger partial charge < -0.3 is 4.42 Å². The number of hydrogen-bond acceptors (Lipinski definition) is 4. The summed E-state index contributed by atoms with van der Waals surface area (Å²) in [5.74, 6) is 2.10. The van der Waals surface area contributed by atoms with E-state index < -0.39 is 0 Å². The third-order valence-corrected chi connectivity index (χ3v) is 5.20. The molecule has 1 aromatic heterocycles. The first kappa shape index (κ1) is 17.0. The van der Waals surface area contributed by atoms with Gasteiger partial charge in [0.1, 0.15) is 0 Å². The monoisotopic (exact) mass is 347 g/mol. The van der Waals surface area contributed by atoms with E-state index in [-0.39, 0.29) is 0 Å². The van der Waals surface area contributed by atoms with Crippen molar-refractivity contribution in [2.75, 3.05) is 13.1 Å². The normalized spacial score (nSPS) is 16.0. The van der Waals surface area contributed by atoms with Crippen LogP contribution in [0, 0.1) is 12.8 Å². The molecule has 0 spiro atoms. The molecule has 2 heterocycles. The molecular formula is C22H25N3O. The molecule has 2 aromatic carbocycles. The Morgan fingerprint density at radius 1 is 0.962 bits per heavy atom. The van der Waals surface area contributed by atoms with Gasteiger partial charge in [-0.05, 0) is 62.9 Å². The molecule has 4 nitrogen and oxygen atoms in total. The summed E-state index contributed by atoms with van der Waals surface area (Å²) in [7, 11) is 0. The van der Waals surface area contributed by atoms with Gasteiger partial charge in [-0.15, -0.1) is 10.2 Å². The van der Waals surface area contributed by atoms with Crippen LogP contribution in [0.5, 0.6) is 0 Å². The molecule has 26 heavy (non-hydrogen) atoms. The molecule has 1 fully saturated rings. The van der Waals surface area contributed by atoms with Crippen LogP contribution in [0.4, 0.5) is 0 Å². The number of aromatic nitrogens is 2. The van der Waals surface area contributed by atoms with E-state index in [9.17, 15) is 0 Å². The highest BCUT2D eigenvalue weighted by Gasteiger charge is 2.21. The molecule has 0 bridgehead atoms. The lowest BCUT2D eigenvalue weighted by molar-refractivity contribution is 0.164. The second kappa shape index (κ2) is 7.83. The van der Waals surface area contributed by atoms with Crippen molar-refractivity contribution < 1.29 is 4.42 Å². The highest BCUT2D eigenvalue weighted by atomic mass is 16.4. The average Bonchev–Trinajstić information content (AvgIpc) is 3.13. The second-order valence-electron chi connectivity index (χ2n) is 7.28. The summed E-state index contributed by atoms with van der Waals surface area (Å²) in [6.45, 7) is 5.01. The zero-order chi connectivity index (χ0) is 17.8. The van der Waals surface area contributed by atoms with E-state index in [1.807, 2.05) is 12.1 Å². The topological polar surface area (TPSA) is 42.2 Å². The van der Waals surface area contributed by atoms with Crippen molar-refractivity contribution >= 4 is 0 Å². The van der Waals surface area contributed by atoms with Crippen LogP contribution in [-0.4, -0.2) is 28.2 Å². The molecule has 0 atom stereocenters. The molecular weight excluding hydrogens is 322 g/mol. The maximum Gasteiger partial charge on any atom is 0.247 e. The Hall–Kier alpha value is -2.46. The SMILES string of the molecule is Cc1ccc(-c2nnc(CN3CCC(Cc4ccccc4)CC3)o2)cc1. The summed E-state index contributed by atoms with van der Waals surface area (Å²) in [5.41, 5.74) is 3.66. The Balaban J connectivity index is 1.30. The van der Waals surface area contributed by atoms with Crippen LogP contribution < -0.4 is 0 Å². The molecule has 0 unspecified atom stereocenters. The fraction of sp³-hybridized carbons (Fsp3) is 0.364. The predicted molar refractivity (Wildman–Crippen MR) is 103 cm³/mol. The Kier molecular flexibility index (Phi) is 5.12. The van der Waals surface area contributed by atoms with Gasteiger partial charge in [-0.25, -0.2) is 0 Å². The van der Waals surface area contributed by atoms with Crippen molar-refractivity contribution in [1.82, 2.24) is 15.1 Å². The zero-order valence-corrected chi connectivity index (χ0v) is 15.3. The molecule has 3 aromatic rings. The minimum atomic E-state index is 0.610. The average molecular weight is 347 g/mol. The number of benzene rings is 2. The van der Waals surface area contributed by atoms with Gasteiger partial charge in [-0.2, -0.15) is 0 Å². The van der Waals surface area contributed by atoms with Gasteiger partial charge >= 0.3 is 0 Å². The molecule has 134 valence electrons. The molecule has 4 rings (SSSR count). The van der Waals surface area contributed by atoms with Gasteiger partial charge in [0, 0.05) is 5.56 Å². The van der Waals surface area contributed by atoms with E-state index in [1.54, 1.807) is 0 Å². The lowest BCUT2D eigenvalue weighted by Gasteiger charge is -2.31. The van der Waals surface area contributed by atoms with Crippen molar-refractivity contribution in [2.45, 2.75) is 32.7 Å². The minimum Gasteiger partial charge on any atom is -0.419 e. The number of likely N-dealkylation sites (tertiary alicyclic amines) is 1. The van der Waals surface area contributed by atoms with Gasteiger partial charge in [-0.1, -0.05) is 48.0 Å². The summed E-state index contributed by atoms with van der Waals surface area (Å²) in [4.78, 5) is 2.42.